The number of hydrogen-bond donors (Lipinski definition) is 12. The molecule has 0 fully saturated rings. The van der Waals surface area contributed by atoms with Gasteiger partial charge in [-0.05, 0) is 50.9 Å². The van der Waals surface area contributed by atoms with E-state index in [0.717, 1.165) is 0 Å². The number of nitrogens with two attached hydrogens (primary N) is 5. The van der Waals surface area contributed by atoms with Crippen LogP contribution in [0.25, 0.3) is 0 Å². The molecule has 0 saturated heterocycles. The predicted molar refractivity (Wildman–Crippen MR) is 155 cm³/mol. The molecule has 0 saturated carbocycles. The van der Waals surface area contributed by atoms with Gasteiger partial charge in [0.05, 0.1) is 18.8 Å². The normalized spacial score (nSPS) is 16.3. The molecule has 244 valence electrons. The second kappa shape index (κ2) is 20.7. The fourth-order valence-corrected chi connectivity index (χ4v) is 3.91. The van der Waals surface area contributed by atoms with Crippen LogP contribution in [0.3, 0.4) is 0 Å². The third-order valence-electron chi connectivity index (χ3n) is 6.37. The molecule has 17 heteroatoms. The van der Waals surface area contributed by atoms with Crippen molar-refractivity contribution in [2.75, 3.05) is 19.7 Å². The summed E-state index contributed by atoms with van der Waals surface area (Å²) in [6, 6.07) is -5.91. The van der Waals surface area contributed by atoms with E-state index >= 15 is 0 Å². The van der Waals surface area contributed by atoms with Crippen molar-refractivity contribution >= 4 is 29.7 Å². The van der Waals surface area contributed by atoms with Crippen molar-refractivity contribution in [1.82, 2.24) is 16.0 Å². The van der Waals surface area contributed by atoms with Gasteiger partial charge in [-0.1, -0.05) is 13.8 Å². The molecule has 42 heavy (non-hydrogen) atoms. The molecular formula is C25H51N9O8. The molecule has 0 aromatic rings. The summed E-state index contributed by atoms with van der Waals surface area (Å²) in [6.45, 7) is 3.13. The van der Waals surface area contributed by atoms with Crippen molar-refractivity contribution in [1.29, 1.82) is 0 Å². The van der Waals surface area contributed by atoms with Crippen LogP contribution < -0.4 is 44.6 Å². The van der Waals surface area contributed by atoms with E-state index in [9.17, 15) is 39.6 Å². The summed E-state index contributed by atoms with van der Waals surface area (Å²) in [7, 11) is 0. The number of carboxylic acids is 1. The Morgan fingerprint density at radius 3 is 1.98 bits per heavy atom. The SMILES string of the molecule is CC(C)CC(NC(=O)C(NC(=O)C(N)CO)C(O)CCC(N)CCCN=C(N)N)C(=O)NC(CCC(O)CN)C(=O)O. The molecule has 0 aliphatic carbocycles. The van der Waals surface area contributed by atoms with Gasteiger partial charge in [0.2, 0.25) is 17.7 Å². The number of aliphatic carboxylic acids is 1. The van der Waals surface area contributed by atoms with Gasteiger partial charge in [0.1, 0.15) is 24.2 Å². The second-order valence-electron chi connectivity index (χ2n) is 10.7. The van der Waals surface area contributed by atoms with Crippen LogP contribution in [-0.4, -0.2) is 112 Å². The summed E-state index contributed by atoms with van der Waals surface area (Å²) >= 11 is 0. The quantitative estimate of drug-likeness (QED) is 0.0315. The highest BCUT2D eigenvalue weighted by molar-refractivity contribution is 5.94. The average molecular weight is 606 g/mol. The Bertz CT molecular complexity index is 873. The first-order valence-electron chi connectivity index (χ1n) is 14.0. The molecule has 0 aliphatic rings. The summed E-state index contributed by atoms with van der Waals surface area (Å²) in [5, 5.41) is 46.5. The number of guanidine groups is 1. The third-order valence-corrected chi connectivity index (χ3v) is 6.37. The number of aliphatic hydroxyl groups excluding tert-OH is 3. The van der Waals surface area contributed by atoms with Crippen LogP contribution in [0.2, 0.25) is 0 Å². The van der Waals surface area contributed by atoms with Crippen LogP contribution in [0.1, 0.15) is 58.8 Å². The van der Waals surface area contributed by atoms with Gasteiger partial charge in [-0.2, -0.15) is 0 Å². The first-order valence-corrected chi connectivity index (χ1v) is 14.0. The van der Waals surface area contributed by atoms with Crippen LogP contribution in [0.15, 0.2) is 4.99 Å². The Balaban J connectivity index is 5.66. The third kappa shape index (κ3) is 16.4. The number of hydrogen-bond acceptors (Lipinski definition) is 11. The summed E-state index contributed by atoms with van der Waals surface area (Å²) < 4.78 is 0. The molecule has 0 heterocycles. The van der Waals surface area contributed by atoms with E-state index in [1.165, 1.54) is 0 Å². The maximum absolute atomic E-state index is 13.3. The van der Waals surface area contributed by atoms with Gasteiger partial charge in [-0.25, -0.2) is 4.79 Å². The first-order chi connectivity index (χ1) is 19.6. The van der Waals surface area contributed by atoms with Crippen molar-refractivity contribution in [2.45, 2.75) is 101 Å². The first kappa shape index (κ1) is 38.9. The molecule has 0 aromatic heterocycles. The lowest BCUT2D eigenvalue weighted by Crippen LogP contribution is -2.60. The minimum atomic E-state index is -1.57. The van der Waals surface area contributed by atoms with Gasteiger partial charge in [0.15, 0.2) is 5.96 Å². The minimum absolute atomic E-state index is 0.0121. The maximum Gasteiger partial charge on any atom is 0.326 e. The molecule has 7 unspecified atom stereocenters. The molecule has 17 N–H and O–H groups in total. The average Bonchev–Trinajstić information content (AvgIpc) is 2.92. The lowest BCUT2D eigenvalue weighted by Gasteiger charge is -2.28. The van der Waals surface area contributed by atoms with Gasteiger partial charge >= 0.3 is 5.97 Å². The molecule has 7 atom stereocenters. The highest BCUT2D eigenvalue weighted by atomic mass is 16.4. The number of nitrogens with zero attached hydrogens (tertiary/aromatic N) is 1. The van der Waals surface area contributed by atoms with Gasteiger partial charge in [0, 0.05) is 19.1 Å². The second-order valence-corrected chi connectivity index (χ2v) is 10.7. The molecule has 3 amide bonds. The maximum atomic E-state index is 13.3. The van der Waals surface area contributed by atoms with Crippen LogP contribution in [0.5, 0.6) is 0 Å². The Morgan fingerprint density at radius 1 is 0.833 bits per heavy atom. The molecule has 0 bridgehead atoms. The van der Waals surface area contributed by atoms with Crippen molar-refractivity contribution in [2.24, 2.45) is 39.6 Å². The molecule has 0 rings (SSSR count). The Labute approximate surface area is 246 Å². The van der Waals surface area contributed by atoms with Crippen LogP contribution in [-0.2, 0) is 19.2 Å². The van der Waals surface area contributed by atoms with Crippen molar-refractivity contribution in [3.63, 3.8) is 0 Å². The zero-order valence-electron chi connectivity index (χ0n) is 24.4. The fraction of sp³-hybridized carbons (Fsp3) is 0.800. The highest BCUT2D eigenvalue weighted by Crippen LogP contribution is 2.12. The number of carbonyl (C=O) groups is 4. The van der Waals surface area contributed by atoms with E-state index in [0.29, 0.717) is 19.4 Å². The van der Waals surface area contributed by atoms with E-state index in [2.05, 4.69) is 20.9 Å². The molecule has 0 spiro atoms. The molecule has 17 nitrogen and oxygen atoms in total. The Morgan fingerprint density at radius 2 is 1.45 bits per heavy atom. The van der Waals surface area contributed by atoms with Crippen LogP contribution in [0.4, 0.5) is 0 Å². The van der Waals surface area contributed by atoms with Crippen molar-refractivity contribution < 1.29 is 39.6 Å². The van der Waals surface area contributed by atoms with Gasteiger partial charge < -0.3 is 65.0 Å². The number of carbonyl (C=O) groups excluding carboxylic acids is 3. The van der Waals surface area contributed by atoms with E-state index in [4.69, 9.17) is 28.7 Å². The number of carboxylic acid groups (broad SMARTS) is 1. The lowest BCUT2D eigenvalue weighted by molar-refractivity contribution is -0.143. The van der Waals surface area contributed by atoms with Crippen molar-refractivity contribution in [3.8, 4) is 0 Å². The van der Waals surface area contributed by atoms with Crippen LogP contribution in [0, 0.1) is 5.92 Å². The van der Waals surface area contributed by atoms with E-state index < -0.39 is 66.7 Å². The van der Waals surface area contributed by atoms with Gasteiger partial charge in [0.25, 0.3) is 0 Å². The van der Waals surface area contributed by atoms with Gasteiger partial charge in [-0.3, -0.25) is 19.4 Å². The number of amides is 3. The Hall–Kier alpha value is -3.09. The number of aliphatic hydroxyl groups is 3. The monoisotopic (exact) mass is 605 g/mol. The lowest BCUT2D eigenvalue weighted by atomic mass is 9.98. The summed E-state index contributed by atoms with van der Waals surface area (Å²) in [5.41, 5.74) is 27.6. The summed E-state index contributed by atoms with van der Waals surface area (Å²) in [5.74, 6) is -4.14. The molecule has 0 radical (unpaired) electrons. The smallest absolute Gasteiger partial charge is 0.326 e. The molecule has 0 aliphatic heterocycles. The number of rotatable bonds is 22. The van der Waals surface area contributed by atoms with Crippen LogP contribution >= 0.6 is 0 Å². The molecule has 0 aromatic carbocycles. The number of nitrogens with one attached hydrogen (secondary N) is 3. The molecular weight excluding hydrogens is 554 g/mol. The topological polar surface area (TPSA) is 328 Å². The zero-order valence-corrected chi connectivity index (χ0v) is 24.4. The van der Waals surface area contributed by atoms with E-state index in [1.807, 2.05) is 0 Å². The van der Waals surface area contributed by atoms with E-state index in [1.54, 1.807) is 13.8 Å². The van der Waals surface area contributed by atoms with Crippen molar-refractivity contribution in [3.05, 3.63) is 0 Å². The highest BCUT2D eigenvalue weighted by Gasteiger charge is 2.34. The largest absolute Gasteiger partial charge is 0.480 e. The minimum Gasteiger partial charge on any atom is -0.480 e. The Kier molecular flexibility index (Phi) is 19.2. The standard InChI is InChI=1S/C25H51N9O8/c1-13(2)10-18(22(39)32-17(24(41)42)7-6-15(36)11-26)33-23(40)20(34-21(38)16(28)12-35)19(37)8-5-14(27)4-3-9-31-25(29)30/h13-20,35-37H,3-12,26-28H2,1-2H3,(H,32,39)(H,33,40)(H,34,38)(H,41,42)(H4,29,30,31). The predicted octanol–water partition coefficient (Wildman–Crippen LogP) is -4.49. The van der Waals surface area contributed by atoms with E-state index in [-0.39, 0.29) is 56.6 Å². The summed E-state index contributed by atoms with van der Waals surface area (Å²) in [4.78, 5) is 54.4. The number of aliphatic imine (C=N–C) groups is 1. The summed E-state index contributed by atoms with van der Waals surface area (Å²) in [6.07, 6.45) is -1.03. The zero-order chi connectivity index (χ0) is 32.4. The fourth-order valence-electron chi connectivity index (χ4n) is 3.91. The van der Waals surface area contributed by atoms with Gasteiger partial charge in [-0.15, -0.1) is 0 Å².